The van der Waals surface area contributed by atoms with E-state index in [-0.39, 0.29) is 34.6 Å². The van der Waals surface area contributed by atoms with Gasteiger partial charge in [-0.3, -0.25) is 4.79 Å². The van der Waals surface area contributed by atoms with Gasteiger partial charge in [0.15, 0.2) is 20.8 Å². The second-order valence-electron chi connectivity index (χ2n) is 8.45. The second-order valence-corrected chi connectivity index (χ2v) is 12.2. The highest BCUT2D eigenvalue weighted by atomic mass is 35.5. The highest BCUT2D eigenvalue weighted by molar-refractivity contribution is 8.16. The summed E-state index contributed by atoms with van der Waals surface area (Å²) >= 11 is 7.71. The number of rotatable bonds is 6. The van der Waals surface area contributed by atoms with E-state index >= 15 is 0 Å². The number of anilines is 1. The molecule has 0 radical (unpaired) electrons. The molecule has 2 fully saturated rings. The van der Waals surface area contributed by atoms with Gasteiger partial charge >= 0.3 is 0 Å². The summed E-state index contributed by atoms with van der Waals surface area (Å²) in [6.45, 7) is 5.92. The minimum Gasteiger partial charge on any atom is -0.455 e. The van der Waals surface area contributed by atoms with E-state index in [2.05, 4.69) is 4.99 Å². The number of benzene rings is 2. The number of aryl methyl sites for hydroxylation is 1. The molecule has 0 aliphatic carbocycles. The van der Waals surface area contributed by atoms with Crippen LogP contribution in [0.5, 0.6) is 11.5 Å². The Morgan fingerprint density at radius 1 is 1.21 bits per heavy atom. The fourth-order valence-corrected chi connectivity index (χ4v) is 8.32. The van der Waals surface area contributed by atoms with Crippen molar-refractivity contribution in [3.05, 3.63) is 53.1 Å². The first-order chi connectivity index (χ1) is 15.7. The molecule has 0 spiro atoms. The highest BCUT2D eigenvalue weighted by Gasteiger charge is 2.50. The van der Waals surface area contributed by atoms with E-state index in [0.29, 0.717) is 40.2 Å². The lowest BCUT2D eigenvalue weighted by Gasteiger charge is -2.27. The summed E-state index contributed by atoms with van der Waals surface area (Å²) in [6.07, 6.45) is 1.41. The maximum absolute atomic E-state index is 12.9. The predicted octanol–water partition coefficient (Wildman–Crippen LogP) is 5.48. The molecule has 2 aromatic carbocycles. The van der Waals surface area contributed by atoms with E-state index in [0.717, 1.165) is 5.56 Å². The lowest BCUT2D eigenvalue weighted by Crippen LogP contribution is -2.38. The Kier molecular flexibility index (Phi) is 7.07. The Morgan fingerprint density at radius 3 is 2.67 bits per heavy atom. The lowest BCUT2D eigenvalue weighted by atomic mass is 10.0. The van der Waals surface area contributed by atoms with E-state index in [1.807, 2.05) is 49.9 Å². The van der Waals surface area contributed by atoms with Gasteiger partial charge < -0.3 is 9.64 Å². The Bertz CT molecular complexity index is 1190. The van der Waals surface area contributed by atoms with E-state index in [4.69, 9.17) is 16.3 Å². The Morgan fingerprint density at radius 2 is 1.97 bits per heavy atom. The molecule has 1 amide bonds. The smallest absolute Gasteiger partial charge is 0.251 e. The fraction of sp³-hybridized carbons (Fsp3) is 0.417. The van der Waals surface area contributed by atoms with Crippen LogP contribution in [0.1, 0.15) is 32.3 Å². The molecule has 33 heavy (non-hydrogen) atoms. The highest BCUT2D eigenvalue weighted by Crippen LogP contribution is 2.45. The molecular weight excluding hydrogens is 480 g/mol. The average Bonchev–Trinajstić information content (AvgIpc) is 3.21. The summed E-state index contributed by atoms with van der Waals surface area (Å²) in [5.74, 6) is 0.904. The first-order valence-corrected chi connectivity index (χ1v) is 14.1. The minimum absolute atomic E-state index is 0.000734. The van der Waals surface area contributed by atoms with Crippen molar-refractivity contribution in [1.82, 2.24) is 0 Å². The lowest BCUT2D eigenvalue weighted by molar-refractivity contribution is -0.121. The molecular formula is C24H27ClN2O4S2. The SMILES string of the molecule is CCC(CC)C(=O)N=C1S[C@H]2CS(=O)(=O)C[C@H]2N1c1cc(Cl)ccc1Oc1cccc(C)c1. The molecule has 0 aromatic heterocycles. The van der Waals surface area contributed by atoms with Gasteiger partial charge in [-0.2, -0.15) is 4.99 Å². The zero-order valence-corrected chi connectivity index (χ0v) is 21.2. The second kappa shape index (κ2) is 9.68. The third-order valence-corrected chi connectivity index (χ3v) is 9.45. The van der Waals surface area contributed by atoms with E-state index in [1.165, 1.54) is 11.8 Å². The number of carbonyl (C=O) groups excluding carboxylic acids is 1. The van der Waals surface area contributed by atoms with Crippen LogP contribution in [0.3, 0.4) is 0 Å². The van der Waals surface area contributed by atoms with Crippen LogP contribution in [0.2, 0.25) is 5.02 Å². The van der Waals surface area contributed by atoms with Gasteiger partial charge in [-0.25, -0.2) is 8.42 Å². The Labute approximate surface area is 204 Å². The number of halogens is 1. The van der Waals surface area contributed by atoms with Gasteiger partial charge in [-0.1, -0.05) is 49.3 Å². The number of sulfone groups is 1. The van der Waals surface area contributed by atoms with Crippen LogP contribution in [0.15, 0.2) is 47.5 Å². The maximum atomic E-state index is 12.9. The van der Waals surface area contributed by atoms with E-state index in [9.17, 15) is 13.2 Å². The van der Waals surface area contributed by atoms with Gasteiger partial charge in [0.2, 0.25) is 0 Å². The van der Waals surface area contributed by atoms with Gasteiger partial charge in [0.25, 0.3) is 5.91 Å². The molecule has 2 atom stereocenters. The topological polar surface area (TPSA) is 76.0 Å². The first kappa shape index (κ1) is 24.1. The molecule has 176 valence electrons. The fourth-order valence-electron chi connectivity index (χ4n) is 4.24. The number of nitrogens with zero attached hydrogens (tertiary/aromatic N) is 2. The summed E-state index contributed by atoms with van der Waals surface area (Å²) in [7, 11) is -3.19. The molecule has 0 N–H and O–H groups in total. The van der Waals surface area contributed by atoms with Gasteiger partial charge in [-0.15, -0.1) is 0 Å². The molecule has 2 heterocycles. The third kappa shape index (κ3) is 5.23. The van der Waals surface area contributed by atoms with Crippen molar-refractivity contribution in [3.8, 4) is 11.5 Å². The normalized spacial score (nSPS) is 22.7. The Hall–Kier alpha value is -2.03. The summed E-state index contributed by atoms with van der Waals surface area (Å²) < 4.78 is 31.1. The van der Waals surface area contributed by atoms with Crippen LogP contribution in [0.25, 0.3) is 0 Å². The van der Waals surface area contributed by atoms with Crippen LogP contribution >= 0.6 is 23.4 Å². The number of hydrogen-bond acceptors (Lipinski definition) is 5. The van der Waals surface area contributed by atoms with Gasteiger partial charge in [-0.05, 0) is 55.7 Å². The summed E-state index contributed by atoms with van der Waals surface area (Å²) in [5.41, 5.74) is 1.66. The summed E-state index contributed by atoms with van der Waals surface area (Å²) in [6, 6.07) is 12.6. The largest absolute Gasteiger partial charge is 0.455 e. The summed E-state index contributed by atoms with van der Waals surface area (Å²) in [5, 5.41) is 0.795. The number of fused-ring (bicyclic) bond motifs is 1. The monoisotopic (exact) mass is 506 g/mol. The minimum atomic E-state index is -3.19. The molecule has 4 rings (SSSR count). The van der Waals surface area contributed by atoms with Crippen molar-refractivity contribution in [2.24, 2.45) is 10.9 Å². The molecule has 0 bridgehead atoms. The number of ether oxygens (including phenoxy) is 1. The van der Waals surface area contributed by atoms with Crippen molar-refractivity contribution in [1.29, 1.82) is 0 Å². The molecule has 2 aromatic rings. The van der Waals surface area contributed by atoms with Gasteiger partial charge in [0.1, 0.15) is 5.75 Å². The van der Waals surface area contributed by atoms with Crippen molar-refractivity contribution < 1.29 is 17.9 Å². The molecule has 2 aliphatic rings. The standard InChI is InChI=1S/C24H27ClN2O4S2/c1-4-16(5-2)23(28)26-24-27(20-13-33(29,30)14-22(20)32-24)19-12-17(25)9-10-21(19)31-18-8-6-7-15(3)11-18/h6-12,16,20,22H,4-5,13-14H2,1-3H3/t20-,22+/m1/s1. The molecule has 2 aliphatic heterocycles. The van der Waals surface area contributed by atoms with Crippen molar-refractivity contribution in [2.45, 2.75) is 44.9 Å². The zero-order valence-electron chi connectivity index (χ0n) is 18.8. The summed E-state index contributed by atoms with van der Waals surface area (Å²) in [4.78, 5) is 19.2. The number of amides is 1. The van der Waals surface area contributed by atoms with Crippen LogP contribution in [0, 0.1) is 12.8 Å². The molecule has 0 saturated carbocycles. The molecule has 0 unspecified atom stereocenters. The number of amidine groups is 1. The van der Waals surface area contributed by atoms with Crippen molar-refractivity contribution in [3.63, 3.8) is 0 Å². The number of aliphatic imine (C=N–C) groups is 1. The maximum Gasteiger partial charge on any atom is 0.251 e. The molecule has 2 saturated heterocycles. The number of carbonyl (C=O) groups is 1. The predicted molar refractivity (Wildman–Crippen MR) is 136 cm³/mol. The molecule has 6 nitrogen and oxygen atoms in total. The van der Waals surface area contributed by atoms with Crippen LogP contribution in [-0.4, -0.2) is 42.3 Å². The average molecular weight is 507 g/mol. The Balaban J connectivity index is 1.79. The molecule has 9 heteroatoms. The van der Waals surface area contributed by atoms with Crippen LogP contribution in [-0.2, 0) is 14.6 Å². The number of thioether (sulfide) groups is 1. The van der Waals surface area contributed by atoms with E-state index < -0.39 is 9.84 Å². The third-order valence-electron chi connectivity index (χ3n) is 6.01. The van der Waals surface area contributed by atoms with Gasteiger partial charge in [0.05, 0.1) is 23.2 Å². The first-order valence-electron chi connectivity index (χ1n) is 11.0. The quantitative estimate of drug-likeness (QED) is 0.516. The van der Waals surface area contributed by atoms with Crippen molar-refractivity contribution >= 4 is 50.0 Å². The zero-order chi connectivity index (χ0) is 23.8. The van der Waals surface area contributed by atoms with Gasteiger partial charge in [0, 0.05) is 16.2 Å². The van der Waals surface area contributed by atoms with E-state index in [1.54, 1.807) is 18.2 Å². The number of hydrogen-bond donors (Lipinski definition) is 0. The van der Waals surface area contributed by atoms with Crippen LogP contribution in [0.4, 0.5) is 5.69 Å². The van der Waals surface area contributed by atoms with Crippen LogP contribution < -0.4 is 9.64 Å². The van der Waals surface area contributed by atoms with Crippen molar-refractivity contribution in [2.75, 3.05) is 16.4 Å².